The van der Waals surface area contributed by atoms with Crippen LogP contribution in [0.1, 0.15) is 0 Å². The number of nitrogens with one attached hydrogen (secondary N) is 1. The van der Waals surface area contributed by atoms with E-state index in [1.807, 2.05) is 0 Å². The molecular formula is C14H9Cl3FNO2. The smallest absolute Gasteiger partial charge is 0.262 e. The van der Waals surface area contributed by atoms with Crippen molar-refractivity contribution in [1.82, 2.24) is 0 Å². The van der Waals surface area contributed by atoms with E-state index in [-0.39, 0.29) is 17.3 Å². The first-order valence-electron chi connectivity index (χ1n) is 5.78. The van der Waals surface area contributed by atoms with Crippen molar-refractivity contribution in [1.29, 1.82) is 0 Å². The summed E-state index contributed by atoms with van der Waals surface area (Å²) in [6, 6.07) is 8.56. The predicted molar refractivity (Wildman–Crippen MR) is 82.0 cm³/mol. The first-order chi connectivity index (χ1) is 9.95. The number of hydrogen-bond acceptors (Lipinski definition) is 2. The van der Waals surface area contributed by atoms with Gasteiger partial charge in [0.25, 0.3) is 5.91 Å². The second kappa shape index (κ2) is 6.98. The quantitative estimate of drug-likeness (QED) is 0.861. The zero-order valence-electron chi connectivity index (χ0n) is 10.5. The highest BCUT2D eigenvalue weighted by atomic mass is 35.5. The van der Waals surface area contributed by atoms with Gasteiger partial charge < -0.3 is 10.1 Å². The second-order valence-electron chi connectivity index (χ2n) is 4.04. The molecule has 0 saturated carbocycles. The molecule has 7 heteroatoms. The van der Waals surface area contributed by atoms with Gasteiger partial charge in [0, 0.05) is 11.1 Å². The van der Waals surface area contributed by atoms with Crippen LogP contribution in [-0.2, 0) is 4.79 Å². The van der Waals surface area contributed by atoms with Crippen LogP contribution < -0.4 is 10.1 Å². The summed E-state index contributed by atoms with van der Waals surface area (Å²) in [5.74, 6) is -0.746. The van der Waals surface area contributed by atoms with Crippen LogP contribution in [0.15, 0.2) is 36.4 Å². The predicted octanol–water partition coefficient (Wildman–Crippen LogP) is 4.80. The average molecular weight is 349 g/mol. The molecule has 1 amide bonds. The van der Waals surface area contributed by atoms with E-state index < -0.39 is 11.7 Å². The van der Waals surface area contributed by atoms with Crippen molar-refractivity contribution in [3.63, 3.8) is 0 Å². The van der Waals surface area contributed by atoms with Crippen LogP contribution in [0.25, 0.3) is 0 Å². The fourth-order valence-electron chi connectivity index (χ4n) is 1.49. The van der Waals surface area contributed by atoms with Gasteiger partial charge in [0.1, 0.15) is 11.6 Å². The Labute approximate surface area is 135 Å². The molecule has 0 saturated heterocycles. The molecule has 0 spiro atoms. The number of rotatable bonds is 4. The Morgan fingerprint density at radius 1 is 1.10 bits per heavy atom. The summed E-state index contributed by atoms with van der Waals surface area (Å²) in [5.41, 5.74) is 0.0298. The number of ether oxygens (including phenoxy) is 1. The summed E-state index contributed by atoms with van der Waals surface area (Å²) in [4.78, 5) is 11.7. The van der Waals surface area contributed by atoms with Crippen LogP contribution in [0.3, 0.4) is 0 Å². The highest BCUT2D eigenvalue weighted by molar-refractivity contribution is 6.42. The molecular weight excluding hydrogens is 340 g/mol. The van der Waals surface area contributed by atoms with Crippen molar-refractivity contribution in [3.05, 3.63) is 57.3 Å². The number of benzene rings is 2. The second-order valence-corrected chi connectivity index (χ2v) is 5.29. The first-order valence-corrected chi connectivity index (χ1v) is 6.92. The van der Waals surface area contributed by atoms with Crippen molar-refractivity contribution >= 4 is 46.4 Å². The van der Waals surface area contributed by atoms with E-state index >= 15 is 0 Å². The van der Waals surface area contributed by atoms with E-state index in [0.29, 0.717) is 15.8 Å². The van der Waals surface area contributed by atoms with E-state index in [4.69, 9.17) is 39.5 Å². The molecule has 21 heavy (non-hydrogen) atoms. The molecule has 0 aliphatic heterocycles. The summed E-state index contributed by atoms with van der Waals surface area (Å²) in [7, 11) is 0. The van der Waals surface area contributed by atoms with Gasteiger partial charge in [-0.15, -0.1) is 0 Å². The van der Waals surface area contributed by atoms with Gasteiger partial charge in [0.15, 0.2) is 6.61 Å². The number of anilines is 1. The standard InChI is InChI=1S/C14H9Cl3FNO2/c15-8-1-4-13(12(18)5-8)19-14(20)7-21-9-2-3-10(16)11(17)6-9/h1-6H,7H2,(H,19,20). The van der Waals surface area contributed by atoms with Crippen molar-refractivity contribution in [2.75, 3.05) is 11.9 Å². The number of halogens is 4. The third-order valence-corrected chi connectivity index (χ3v) is 3.44. The van der Waals surface area contributed by atoms with E-state index in [0.717, 1.165) is 6.07 Å². The summed E-state index contributed by atoms with van der Waals surface area (Å²) < 4.78 is 18.7. The maximum atomic E-state index is 13.5. The highest BCUT2D eigenvalue weighted by Gasteiger charge is 2.09. The van der Waals surface area contributed by atoms with E-state index in [9.17, 15) is 9.18 Å². The van der Waals surface area contributed by atoms with Gasteiger partial charge in [-0.3, -0.25) is 4.79 Å². The normalized spacial score (nSPS) is 10.3. The lowest BCUT2D eigenvalue weighted by atomic mass is 10.3. The Morgan fingerprint density at radius 3 is 2.52 bits per heavy atom. The summed E-state index contributed by atoms with van der Waals surface area (Å²) in [6.45, 7) is -0.292. The first kappa shape index (κ1) is 15.9. The number of carbonyl (C=O) groups is 1. The van der Waals surface area contributed by atoms with Gasteiger partial charge in [-0.1, -0.05) is 34.8 Å². The van der Waals surface area contributed by atoms with Crippen molar-refractivity contribution < 1.29 is 13.9 Å². The fourth-order valence-corrected chi connectivity index (χ4v) is 1.94. The Morgan fingerprint density at radius 2 is 1.86 bits per heavy atom. The molecule has 0 aliphatic rings. The molecule has 2 aromatic rings. The lowest BCUT2D eigenvalue weighted by molar-refractivity contribution is -0.118. The third-order valence-electron chi connectivity index (χ3n) is 2.47. The Bertz CT molecular complexity index is 679. The van der Waals surface area contributed by atoms with Crippen LogP contribution in [-0.4, -0.2) is 12.5 Å². The van der Waals surface area contributed by atoms with Gasteiger partial charge in [-0.2, -0.15) is 0 Å². The van der Waals surface area contributed by atoms with Crippen LogP contribution in [0.4, 0.5) is 10.1 Å². The Balaban J connectivity index is 1.94. The molecule has 0 bridgehead atoms. The van der Waals surface area contributed by atoms with Crippen LogP contribution in [0.2, 0.25) is 15.1 Å². The molecule has 1 N–H and O–H groups in total. The molecule has 110 valence electrons. The minimum Gasteiger partial charge on any atom is -0.484 e. The molecule has 3 nitrogen and oxygen atoms in total. The lowest BCUT2D eigenvalue weighted by Crippen LogP contribution is -2.20. The maximum absolute atomic E-state index is 13.5. The minimum atomic E-state index is -0.620. The lowest BCUT2D eigenvalue weighted by Gasteiger charge is -2.09. The fraction of sp³-hybridized carbons (Fsp3) is 0.0714. The molecule has 2 rings (SSSR count). The van der Waals surface area contributed by atoms with Crippen molar-refractivity contribution in [2.24, 2.45) is 0 Å². The number of hydrogen-bond donors (Lipinski definition) is 1. The third kappa shape index (κ3) is 4.49. The number of amides is 1. The molecule has 0 aromatic heterocycles. The van der Waals surface area contributed by atoms with E-state index in [1.165, 1.54) is 18.2 Å². The van der Waals surface area contributed by atoms with Gasteiger partial charge in [0.2, 0.25) is 0 Å². The SMILES string of the molecule is O=C(COc1ccc(Cl)c(Cl)c1)Nc1ccc(Cl)cc1F. The highest BCUT2D eigenvalue weighted by Crippen LogP contribution is 2.26. The molecule has 0 radical (unpaired) electrons. The van der Waals surface area contributed by atoms with Crippen LogP contribution in [0.5, 0.6) is 5.75 Å². The summed E-state index contributed by atoms with van der Waals surface area (Å²) >= 11 is 17.2. The molecule has 0 atom stereocenters. The maximum Gasteiger partial charge on any atom is 0.262 e. The van der Waals surface area contributed by atoms with E-state index in [1.54, 1.807) is 12.1 Å². The Kier molecular flexibility index (Phi) is 5.28. The zero-order valence-corrected chi connectivity index (χ0v) is 12.8. The largest absolute Gasteiger partial charge is 0.484 e. The Hall–Kier alpha value is -1.49. The van der Waals surface area contributed by atoms with Gasteiger partial charge >= 0.3 is 0 Å². The molecule has 2 aromatic carbocycles. The summed E-state index contributed by atoms with van der Waals surface area (Å²) in [6.07, 6.45) is 0. The topological polar surface area (TPSA) is 38.3 Å². The summed E-state index contributed by atoms with van der Waals surface area (Å²) in [5, 5.41) is 3.33. The van der Waals surface area contributed by atoms with Crippen LogP contribution in [0, 0.1) is 5.82 Å². The van der Waals surface area contributed by atoms with Crippen molar-refractivity contribution in [2.45, 2.75) is 0 Å². The number of carbonyl (C=O) groups excluding carboxylic acids is 1. The molecule has 0 aliphatic carbocycles. The molecule has 0 fully saturated rings. The van der Waals surface area contributed by atoms with Crippen LogP contribution >= 0.6 is 34.8 Å². The van der Waals surface area contributed by atoms with Gasteiger partial charge in [0.05, 0.1) is 15.7 Å². The monoisotopic (exact) mass is 347 g/mol. The average Bonchev–Trinajstić information content (AvgIpc) is 2.43. The zero-order chi connectivity index (χ0) is 15.4. The van der Waals surface area contributed by atoms with Gasteiger partial charge in [-0.25, -0.2) is 4.39 Å². The molecule has 0 unspecified atom stereocenters. The minimum absolute atomic E-state index is 0.0298. The van der Waals surface area contributed by atoms with E-state index in [2.05, 4.69) is 5.32 Å². The van der Waals surface area contributed by atoms with Gasteiger partial charge in [-0.05, 0) is 30.3 Å². The van der Waals surface area contributed by atoms with Crippen molar-refractivity contribution in [3.8, 4) is 5.75 Å². The molecule has 0 heterocycles.